The van der Waals surface area contributed by atoms with Crippen LogP contribution in [0.15, 0.2) is 29.3 Å². The molecule has 0 aliphatic carbocycles. The Balaban J connectivity index is 0.00000480. The lowest BCUT2D eigenvalue weighted by Crippen LogP contribution is -2.45. The van der Waals surface area contributed by atoms with Crippen LogP contribution in [0.4, 0.5) is 13.2 Å². The zero-order chi connectivity index (χ0) is 22.0. The van der Waals surface area contributed by atoms with E-state index in [0.717, 1.165) is 38.4 Å². The Morgan fingerprint density at radius 1 is 1.13 bits per heavy atom. The standard InChI is InChI=1S/C20H30F3N5O2.HI/c1-3-24-19(27-14-15(2)28-10-12-30-13-11-28)26-9-8-25-18(29)16-4-6-17(7-5-16)20(21,22)23;/h4-7,15H,3,8-14H2,1-2H3,(H,25,29)(H2,24,26,27);1H. The fourth-order valence-corrected chi connectivity index (χ4v) is 2.97. The molecule has 7 nitrogen and oxygen atoms in total. The highest BCUT2D eigenvalue weighted by Crippen LogP contribution is 2.29. The predicted octanol–water partition coefficient (Wildman–Crippen LogP) is 2.33. The molecule has 1 atom stereocenters. The minimum atomic E-state index is -4.42. The van der Waals surface area contributed by atoms with Crippen molar-refractivity contribution < 1.29 is 22.7 Å². The van der Waals surface area contributed by atoms with Gasteiger partial charge in [-0.15, -0.1) is 24.0 Å². The minimum Gasteiger partial charge on any atom is -0.379 e. The molecule has 31 heavy (non-hydrogen) atoms. The molecule has 3 N–H and O–H groups in total. The van der Waals surface area contributed by atoms with Crippen LogP contribution < -0.4 is 16.0 Å². The fourth-order valence-electron chi connectivity index (χ4n) is 2.97. The van der Waals surface area contributed by atoms with Gasteiger partial charge in [0.25, 0.3) is 5.91 Å². The number of halogens is 4. The van der Waals surface area contributed by atoms with E-state index < -0.39 is 17.6 Å². The van der Waals surface area contributed by atoms with Crippen LogP contribution in [0.3, 0.4) is 0 Å². The highest BCUT2D eigenvalue weighted by Gasteiger charge is 2.30. The van der Waals surface area contributed by atoms with Crippen molar-refractivity contribution >= 4 is 35.8 Å². The van der Waals surface area contributed by atoms with Crippen molar-refractivity contribution in [3.05, 3.63) is 35.4 Å². The smallest absolute Gasteiger partial charge is 0.379 e. The van der Waals surface area contributed by atoms with Crippen LogP contribution in [0.5, 0.6) is 0 Å². The van der Waals surface area contributed by atoms with Crippen LogP contribution in [0.2, 0.25) is 0 Å². The van der Waals surface area contributed by atoms with E-state index in [1.807, 2.05) is 6.92 Å². The number of carbonyl (C=O) groups excluding carboxylic acids is 1. The second-order valence-electron chi connectivity index (χ2n) is 6.97. The van der Waals surface area contributed by atoms with Crippen molar-refractivity contribution in [3.63, 3.8) is 0 Å². The van der Waals surface area contributed by atoms with Crippen molar-refractivity contribution in [2.75, 3.05) is 52.5 Å². The third-order valence-electron chi connectivity index (χ3n) is 4.70. The van der Waals surface area contributed by atoms with Gasteiger partial charge < -0.3 is 20.7 Å². The van der Waals surface area contributed by atoms with E-state index in [1.54, 1.807) is 0 Å². The van der Waals surface area contributed by atoms with E-state index in [2.05, 4.69) is 32.8 Å². The van der Waals surface area contributed by atoms with Gasteiger partial charge in [-0.2, -0.15) is 13.2 Å². The summed E-state index contributed by atoms with van der Waals surface area (Å²) < 4.78 is 43.1. The molecule has 1 heterocycles. The molecule has 176 valence electrons. The van der Waals surface area contributed by atoms with Gasteiger partial charge in [-0.05, 0) is 38.1 Å². The molecular weight excluding hydrogens is 526 g/mol. The van der Waals surface area contributed by atoms with Gasteiger partial charge in [-0.25, -0.2) is 0 Å². The number of hydrogen-bond acceptors (Lipinski definition) is 4. The maximum Gasteiger partial charge on any atom is 0.416 e. The first-order valence-corrected chi connectivity index (χ1v) is 10.1. The second-order valence-corrected chi connectivity index (χ2v) is 6.97. The van der Waals surface area contributed by atoms with Gasteiger partial charge in [0, 0.05) is 44.3 Å². The summed E-state index contributed by atoms with van der Waals surface area (Å²) >= 11 is 0. The SMILES string of the molecule is CCNC(=NCC(C)N1CCOCC1)NCCNC(=O)c1ccc(C(F)(F)F)cc1.I. The van der Waals surface area contributed by atoms with Crippen LogP contribution in [-0.2, 0) is 10.9 Å². The Kier molecular flexibility index (Phi) is 12.2. The maximum atomic E-state index is 12.6. The molecule has 1 fully saturated rings. The minimum absolute atomic E-state index is 0. The Labute approximate surface area is 198 Å². The van der Waals surface area contributed by atoms with Crippen LogP contribution >= 0.6 is 24.0 Å². The number of guanidine groups is 1. The number of aliphatic imine (C=N–C) groups is 1. The Morgan fingerprint density at radius 2 is 1.74 bits per heavy atom. The quantitative estimate of drug-likeness (QED) is 0.198. The lowest BCUT2D eigenvalue weighted by atomic mass is 10.1. The van der Waals surface area contributed by atoms with Gasteiger partial charge >= 0.3 is 6.18 Å². The summed E-state index contributed by atoms with van der Waals surface area (Å²) in [6, 6.07) is 4.44. The predicted molar refractivity (Wildman–Crippen MR) is 125 cm³/mol. The number of amides is 1. The average molecular weight is 557 g/mol. The Bertz CT molecular complexity index is 695. The number of morpholine rings is 1. The summed E-state index contributed by atoms with van der Waals surface area (Å²) in [4.78, 5) is 19.0. The van der Waals surface area contributed by atoms with Crippen LogP contribution in [0.25, 0.3) is 0 Å². The third-order valence-corrected chi connectivity index (χ3v) is 4.70. The molecule has 1 amide bonds. The summed E-state index contributed by atoms with van der Waals surface area (Å²) in [5, 5.41) is 8.99. The summed E-state index contributed by atoms with van der Waals surface area (Å²) in [5.74, 6) is 0.231. The number of nitrogens with zero attached hydrogens (tertiary/aromatic N) is 2. The normalized spacial score (nSPS) is 16.2. The molecule has 1 aromatic rings. The highest BCUT2D eigenvalue weighted by atomic mass is 127. The zero-order valence-electron chi connectivity index (χ0n) is 17.8. The molecule has 11 heteroatoms. The molecule has 0 saturated carbocycles. The van der Waals surface area contributed by atoms with E-state index >= 15 is 0 Å². The lowest BCUT2D eigenvalue weighted by Gasteiger charge is -2.31. The van der Waals surface area contributed by atoms with Gasteiger partial charge in [-0.3, -0.25) is 14.7 Å². The first-order chi connectivity index (χ1) is 14.3. The number of benzene rings is 1. The molecule has 1 aliphatic rings. The summed E-state index contributed by atoms with van der Waals surface area (Å²) in [6.07, 6.45) is -4.42. The summed E-state index contributed by atoms with van der Waals surface area (Å²) in [7, 11) is 0. The largest absolute Gasteiger partial charge is 0.416 e. The average Bonchev–Trinajstić information content (AvgIpc) is 2.74. The summed E-state index contributed by atoms with van der Waals surface area (Å²) in [5.41, 5.74) is -0.596. The molecule has 1 aromatic carbocycles. The van der Waals surface area contributed by atoms with Crippen molar-refractivity contribution in [1.29, 1.82) is 0 Å². The highest BCUT2D eigenvalue weighted by molar-refractivity contribution is 14.0. The monoisotopic (exact) mass is 557 g/mol. The van der Waals surface area contributed by atoms with Crippen molar-refractivity contribution in [2.45, 2.75) is 26.1 Å². The molecule has 2 rings (SSSR count). The second kappa shape index (κ2) is 13.7. The molecule has 0 bridgehead atoms. The number of nitrogens with one attached hydrogen (secondary N) is 3. The number of rotatable bonds is 8. The number of hydrogen-bond donors (Lipinski definition) is 3. The Morgan fingerprint density at radius 3 is 2.32 bits per heavy atom. The van der Waals surface area contributed by atoms with Crippen LogP contribution in [0.1, 0.15) is 29.8 Å². The van der Waals surface area contributed by atoms with Gasteiger partial charge in [-0.1, -0.05) is 0 Å². The van der Waals surface area contributed by atoms with Crippen LogP contribution in [-0.4, -0.2) is 75.3 Å². The van der Waals surface area contributed by atoms with E-state index in [4.69, 9.17) is 4.74 Å². The van der Waals surface area contributed by atoms with E-state index in [-0.39, 0.29) is 29.5 Å². The molecule has 0 aromatic heterocycles. The van der Waals surface area contributed by atoms with Crippen LogP contribution in [0, 0.1) is 0 Å². The van der Waals surface area contributed by atoms with Crippen molar-refractivity contribution in [3.8, 4) is 0 Å². The number of ether oxygens (including phenoxy) is 1. The van der Waals surface area contributed by atoms with Crippen molar-refractivity contribution in [1.82, 2.24) is 20.9 Å². The van der Waals surface area contributed by atoms with Gasteiger partial charge in [0.05, 0.1) is 25.3 Å². The van der Waals surface area contributed by atoms with E-state index in [9.17, 15) is 18.0 Å². The van der Waals surface area contributed by atoms with Gasteiger partial charge in [0.2, 0.25) is 0 Å². The number of carbonyl (C=O) groups is 1. The van der Waals surface area contributed by atoms with E-state index in [0.29, 0.717) is 38.2 Å². The third kappa shape index (κ3) is 9.60. The van der Waals surface area contributed by atoms with Crippen molar-refractivity contribution in [2.24, 2.45) is 4.99 Å². The van der Waals surface area contributed by atoms with E-state index in [1.165, 1.54) is 12.1 Å². The van der Waals surface area contributed by atoms with Gasteiger partial charge in [0.15, 0.2) is 5.96 Å². The fraction of sp³-hybridized carbons (Fsp3) is 0.600. The molecule has 1 aliphatic heterocycles. The molecule has 1 unspecified atom stereocenters. The molecule has 0 radical (unpaired) electrons. The first kappa shape index (κ1) is 27.4. The topological polar surface area (TPSA) is 78.0 Å². The van der Waals surface area contributed by atoms with Gasteiger partial charge in [0.1, 0.15) is 0 Å². The molecular formula is C20H31F3IN5O2. The molecule has 0 spiro atoms. The number of alkyl halides is 3. The molecule has 1 saturated heterocycles. The summed E-state index contributed by atoms with van der Waals surface area (Å²) in [6.45, 7) is 9.46. The lowest BCUT2D eigenvalue weighted by molar-refractivity contribution is -0.137. The Hall–Kier alpha value is -1.60. The maximum absolute atomic E-state index is 12.6. The first-order valence-electron chi connectivity index (χ1n) is 10.1. The zero-order valence-corrected chi connectivity index (χ0v) is 20.1.